The number of rotatable bonds is 7. The van der Waals surface area contributed by atoms with Gasteiger partial charge < -0.3 is 4.40 Å². The highest BCUT2D eigenvalue weighted by Crippen LogP contribution is 2.22. The third-order valence-corrected chi connectivity index (χ3v) is 5.78. The molecule has 0 fully saturated rings. The van der Waals surface area contributed by atoms with Gasteiger partial charge in [0.1, 0.15) is 23.9 Å². The Labute approximate surface area is 200 Å². The average molecular weight is 492 g/mol. The lowest BCUT2D eigenvalue weighted by molar-refractivity contribution is 0.0977. The molecular formula is C21H15ClFN11O. The molecule has 6 aromatic rings. The minimum Gasteiger partial charge on any atom is -0.303 e. The van der Waals surface area contributed by atoms with Crippen molar-refractivity contribution in [2.45, 2.75) is 19.4 Å². The molecule has 12 nitrogen and oxygen atoms in total. The zero-order valence-electron chi connectivity index (χ0n) is 17.9. The van der Waals surface area contributed by atoms with Crippen LogP contribution in [0.25, 0.3) is 16.9 Å². The smallest absolute Gasteiger partial charge is 0.185 e. The van der Waals surface area contributed by atoms with E-state index in [1.807, 2.05) is 6.07 Å². The Hall–Kier alpha value is -4.52. The first-order chi connectivity index (χ1) is 17.1. The molecule has 0 N–H and O–H groups in total. The molecule has 0 aliphatic rings. The Morgan fingerprint density at radius 1 is 1.11 bits per heavy atom. The second kappa shape index (κ2) is 8.36. The lowest BCUT2D eigenvalue weighted by Crippen LogP contribution is -2.03. The maximum Gasteiger partial charge on any atom is 0.185 e. The first kappa shape index (κ1) is 21.0. The molecule has 0 saturated carbocycles. The Morgan fingerprint density at radius 2 is 1.97 bits per heavy atom. The van der Waals surface area contributed by atoms with Crippen molar-refractivity contribution >= 4 is 28.5 Å². The van der Waals surface area contributed by atoms with Gasteiger partial charge in [-0.1, -0.05) is 16.8 Å². The first-order valence-corrected chi connectivity index (χ1v) is 10.9. The molecule has 6 heterocycles. The molecule has 0 unspecified atom stereocenters. The highest BCUT2D eigenvalue weighted by molar-refractivity contribution is 6.31. The summed E-state index contributed by atoms with van der Waals surface area (Å²) in [6.45, 7) is 0.292. The fourth-order valence-corrected chi connectivity index (χ4v) is 3.98. The van der Waals surface area contributed by atoms with E-state index in [-0.39, 0.29) is 34.9 Å². The van der Waals surface area contributed by atoms with E-state index in [0.717, 1.165) is 5.69 Å². The summed E-state index contributed by atoms with van der Waals surface area (Å²) in [6.07, 6.45) is 11.6. The van der Waals surface area contributed by atoms with Crippen molar-refractivity contribution in [3.8, 4) is 5.69 Å². The van der Waals surface area contributed by atoms with Crippen molar-refractivity contribution in [2.75, 3.05) is 0 Å². The highest BCUT2D eigenvalue weighted by Gasteiger charge is 2.17. The molecule has 0 aliphatic heterocycles. The molecule has 6 aromatic heterocycles. The van der Waals surface area contributed by atoms with E-state index in [2.05, 4.69) is 35.6 Å². The summed E-state index contributed by atoms with van der Waals surface area (Å²) in [4.78, 5) is 21.5. The van der Waals surface area contributed by atoms with Crippen molar-refractivity contribution in [1.29, 1.82) is 0 Å². The van der Waals surface area contributed by atoms with Gasteiger partial charge in [-0.25, -0.2) is 23.6 Å². The molecule has 6 rings (SSSR count). The molecule has 0 aliphatic carbocycles. The van der Waals surface area contributed by atoms with Crippen molar-refractivity contribution < 1.29 is 9.18 Å². The largest absolute Gasteiger partial charge is 0.303 e. The van der Waals surface area contributed by atoms with Gasteiger partial charge >= 0.3 is 0 Å². The van der Waals surface area contributed by atoms with Crippen molar-refractivity contribution in [3.05, 3.63) is 83.8 Å². The Balaban J connectivity index is 1.17. The predicted molar refractivity (Wildman–Crippen MR) is 120 cm³/mol. The third-order valence-electron chi connectivity index (χ3n) is 5.49. The van der Waals surface area contributed by atoms with E-state index in [9.17, 15) is 9.18 Å². The zero-order chi connectivity index (χ0) is 23.9. The summed E-state index contributed by atoms with van der Waals surface area (Å²) in [6, 6.07) is 3.26. The maximum atomic E-state index is 14.4. The third kappa shape index (κ3) is 3.81. The van der Waals surface area contributed by atoms with Gasteiger partial charge in [-0.3, -0.25) is 9.36 Å². The lowest BCUT2D eigenvalue weighted by Gasteiger charge is -2.01. The van der Waals surface area contributed by atoms with Crippen LogP contribution in [0.4, 0.5) is 4.39 Å². The number of hydrogen-bond acceptors (Lipinski definition) is 8. The van der Waals surface area contributed by atoms with Crippen LogP contribution in [-0.2, 0) is 13.0 Å². The van der Waals surface area contributed by atoms with Crippen LogP contribution in [0.5, 0.6) is 0 Å². The molecule has 14 heteroatoms. The van der Waals surface area contributed by atoms with E-state index in [4.69, 9.17) is 11.6 Å². The number of aromatic nitrogens is 11. The summed E-state index contributed by atoms with van der Waals surface area (Å²) in [5, 5.41) is 20.0. The van der Waals surface area contributed by atoms with E-state index in [0.29, 0.717) is 23.6 Å². The number of carbonyl (C=O) groups is 1. The van der Waals surface area contributed by atoms with E-state index < -0.39 is 5.82 Å². The number of aryl methyl sites for hydroxylation is 1. The Bertz CT molecular complexity index is 1680. The van der Waals surface area contributed by atoms with Crippen LogP contribution in [0.15, 0.2) is 55.9 Å². The molecular weight excluding hydrogens is 477 g/mol. The number of hydrogen-bond donors (Lipinski definition) is 0. The lowest BCUT2D eigenvalue weighted by atomic mass is 10.1. The summed E-state index contributed by atoms with van der Waals surface area (Å²) in [5.41, 5.74) is 3.00. The topological polar surface area (TPSA) is 126 Å². The van der Waals surface area contributed by atoms with Crippen molar-refractivity contribution in [2.24, 2.45) is 0 Å². The molecule has 0 spiro atoms. The van der Waals surface area contributed by atoms with Gasteiger partial charge in [0.25, 0.3) is 0 Å². The summed E-state index contributed by atoms with van der Waals surface area (Å²) in [7, 11) is 0. The summed E-state index contributed by atoms with van der Waals surface area (Å²) in [5.74, 6) is -0.791. The Kier molecular flexibility index (Phi) is 5.03. The summed E-state index contributed by atoms with van der Waals surface area (Å²) < 4.78 is 20.9. The van der Waals surface area contributed by atoms with Crippen molar-refractivity contribution in [1.82, 2.24) is 53.7 Å². The normalized spacial score (nSPS) is 11.6. The molecule has 0 amide bonds. The van der Waals surface area contributed by atoms with Crippen LogP contribution in [0.3, 0.4) is 0 Å². The molecule has 0 saturated heterocycles. The van der Waals surface area contributed by atoms with Crippen LogP contribution in [-0.4, -0.2) is 59.5 Å². The maximum absolute atomic E-state index is 14.4. The second-order valence-electron chi connectivity index (χ2n) is 7.74. The SMILES string of the molecule is O=C(CCc1ncn2ccc(Cl)c(F)c12)c1cn(Cc2cn3nccc(-n4cnnc4)c3n2)nn1. The number of ketones is 1. The van der Waals surface area contributed by atoms with Gasteiger partial charge in [-0.2, -0.15) is 5.10 Å². The number of halogens is 2. The van der Waals surface area contributed by atoms with E-state index >= 15 is 0 Å². The predicted octanol–water partition coefficient (Wildman–Crippen LogP) is 2.21. The average Bonchev–Trinajstić information content (AvgIpc) is 3.65. The molecule has 0 aromatic carbocycles. The van der Waals surface area contributed by atoms with Gasteiger partial charge in [-0.05, 0) is 18.6 Å². The minimum absolute atomic E-state index is 0.00415. The standard InChI is InChI=1S/C21H15ClFN11O/c22-14-4-6-31-10-24-15(20(31)19(14)23)1-2-18(35)16-9-33(30-29-16)7-13-8-34-21(28-13)17(3-5-27-34)32-11-25-26-12-32/h3-6,8-12H,1-2,7H2. The number of imidazole rings is 2. The van der Waals surface area contributed by atoms with Crippen LogP contribution >= 0.6 is 11.6 Å². The van der Waals surface area contributed by atoms with Gasteiger partial charge in [0, 0.05) is 12.6 Å². The fourth-order valence-electron chi connectivity index (χ4n) is 3.83. The van der Waals surface area contributed by atoms with Gasteiger partial charge in [0.2, 0.25) is 0 Å². The highest BCUT2D eigenvalue weighted by atomic mass is 35.5. The monoisotopic (exact) mass is 491 g/mol. The fraction of sp³-hybridized carbons (Fsp3) is 0.143. The van der Waals surface area contributed by atoms with Gasteiger partial charge in [0.15, 0.2) is 17.2 Å². The van der Waals surface area contributed by atoms with Crippen LogP contribution in [0, 0.1) is 5.82 Å². The number of nitrogens with zero attached hydrogens (tertiary/aromatic N) is 11. The van der Waals surface area contributed by atoms with E-state index in [1.165, 1.54) is 21.5 Å². The van der Waals surface area contributed by atoms with Crippen molar-refractivity contribution in [3.63, 3.8) is 0 Å². The molecule has 0 atom stereocenters. The molecule has 35 heavy (non-hydrogen) atoms. The number of Topliss-reactive ketones (excluding diaryl/α,β-unsaturated/α-hetero) is 1. The van der Waals surface area contributed by atoms with Crippen LogP contribution < -0.4 is 0 Å². The number of pyridine rings is 1. The second-order valence-corrected chi connectivity index (χ2v) is 8.14. The minimum atomic E-state index is -0.561. The Morgan fingerprint density at radius 3 is 2.83 bits per heavy atom. The number of carbonyl (C=O) groups excluding carboxylic acids is 1. The molecule has 0 radical (unpaired) electrons. The van der Waals surface area contributed by atoms with Crippen LogP contribution in [0.2, 0.25) is 5.02 Å². The zero-order valence-corrected chi connectivity index (χ0v) is 18.7. The van der Waals surface area contributed by atoms with E-state index in [1.54, 1.807) is 46.5 Å². The van der Waals surface area contributed by atoms with Crippen LogP contribution in [0.1, 0.15) is 28.3 Å². The van der Waals surface area contributed by atoms with Gasteiger partial charge in [-0.15, -0.1) is 15.3 Å². The number of fused-ring (bicyclic) bond motifs is 2. The molecule has 0 bridgehead atoms. The quantitative estimate of drug-likeness (QED) is 0.311. The van der Waals surface area contributed by atoms with Gasteiger partial charge in [0.05, 0.1) is 53.6 Å². The molecule has 174 valence electrons. The summed E-state index contributed by atoms with van der Waals surface area (Å²) >= 11 is 5.88. The first-order valence-electron chi connectivity index (χ1n) is 10.5.